The van der Waals surface area contributed by atoms with Crippen LogP contribution < -0.4 is 10.1 Å². The summed E-state index contributed by atoms with van der Waals surface area (Å²) in [6, 6.07) is 13.5. The fourth-order valence-corrected chi connectivity index (χ4v) is 5.24. The van der Waals surface area contributed by atoms with Crippen molar-refractivity contribution in [2.45, 2.75) is 58.2 Å². The minimum atomic E-state index is -0.337. The maximum Gasteiger partial charge on any atom is 0.241 e. The number of amides is 1. The Morgan fingerprint density at radius 3 is 2.94 bits per heavy atom. The van der Waals surface area contributed by atoms with E-state index >= 15 is 0 Å². The van der Waals surface area contributed by atoms with Gasteiger partial charge in [-0.05, 0) is 63.9 Å². The smallest absolute Gasteiger partial charge is 0.241 e. The molecule has 1 amide bonds. The molecular formula is C27H31ClN4O3. The molecule has 0 bridgehead atoms. The number of hydrogen-bond donors (Lipinski definition) is 1. The lowest BCUT2D eigenvalue weighted by molar-refractivity contribution is -0.128. The average molecular weight is 495 g/mol. The van der Waals surface area contributed by atoms with Crippen LogP contribution in [-0.4, -0.2) is 39.6 Å². The number of halogens is 1. The number of carbonyl (C=O) groups is 1. The van der Waals surface area contributed by atoms with Crippen LogP contribution in [0, 0.1) is 12.8 Å². The number of piperidine rings is 1. The molecule has 184 valence electrons. The Hall–Kier alpha value is -2.90. The Labute approximate surface area is 210 Å². The molecule has 2 atom stereocenters. The first kappa shape index (κ1) is 23.8. The van der Waals surface area contributed by atoms with Gasteiger partial charge in [0.2, 0.25) is 17.6 Å². The van der Waals surface area contributed by atoms with Crippen molar-refractivity contribution in [1.82, 2.24) is 20.4 Å². The van der Waals surface area contributed by atoms with E-state index in [0.717, 1.165) is 48.2 Å². The lowest BCUT2D eigenvalue weighted by atomic mass is 9.88. The average Bonchev–Trinajstić information content (AvgIpc) is 3.26. The van der Waals surface area contributed by atoms with E-state index in [-0.39, 0.29) is 23.5 Å². The molecule has 1 saturated heterocycles. The van der Waals surface area contributed by atoms with Gasteiger partial charge >= 0.3 is 0 Å². The van der Waals surface area contributed by atoms with Crippen molar-refractivity contribution < 1.29 is 14.1 Å². The van der Waals surface area contributed by atoms with Crippen LogP contribution in [-0.2, 0) is 11.3 Å². The quantitative estimate of drug-likeness (QED) is 0.516. The van der Waals surface area contributed by atoms with Crippen molar-refractivity contribution in [2.75, 3.05) is 13.1 Å². The van der Waals surface area contributed by atoms with Crippen LogP contribution in [0.1, 0.15) is 56.2 Å². The number of aryl methyl sites for hydroxylation is 1. The predicted octanol–water partition coefficient (Wildman–Crippen LogP) is 5.33. The highest BCUT2D eigenvalue weighted by Crippen LogP contribution is 2.40. The third-order valence-electron chi connectivity index (χ3n) is 6.73. The number of likely N-dealkylation sites (tertiary alicyclic amines) is 1. The number of ether oxygens (including phenoxy) is 1. The van der Waals surface area contributed by atoms with Gasteiger partial charge in [-0.15, -0.1) is 0 Å². The summed E-state index contributed by atoms with van der Waals surface area (Å²) in [6.07, 6.45) is 2.55. The minimum absolute atomic E-state index is 0.0616. The highest BCUT2D eigenvalue weighted by atomic mass is 35.5. The number of fused-ring (bicyclic) bond motifs is 1. The topological polar surface area (TPSA) is 80.5 Å². The lowest BCUT2D eigenvalue weighted by Gasteiger charge is -2.39. The van der Waals surface area contributed by atoms with Crippen LogP contribution in [0.2, 0.25) is 5.02 Å². The first-order valence-corrected chi connectivity index (χ1v) is 12.5. The van der Waals surface area contributed by atoms with Gasteiger partial charge in [-0.3, -0.25) is 9.69 Å². The van der Waals surface area contributed by atoms with Crippen molar-refractivity contribution in [1.29, 1.82) is 0 Å². The second-order valence-corrected chi connectivity index (χ2v) is 10.7. The Morgan fingerprint density at radius 2 is 2.11 bits per heavy atom. The third-order valence-corrected chi connectivity index (χ3v) is 6.96. The lowest BCUT2D eigenvalue weighted by Crippen LogP contribution is -2.46. The monoisotopic (exact) mass is 494 g/mol. The summed E-state index contributed by atoms with van der Waals surface area (Å²) in [5.41, 5.74) is 2.68. The fourth-order valence-electron chi connectivity index (χ4n) is 5.05. The van der Waals surface area contributed by atoms with Crippen molar-refractivity contribution in [3.63, 3.8) is 0 Å². The molecular weight excluding hydrogens is 464 g/mol. The second kappa shape index (κ2) is 9.63. The Kier molecular flexibility index (Phi) is 6.55. The van der Waals surface area contributed by atoms with E-state index in [1.807, 2.05) is 24.3 Å². The van der Waals surface area contributed by atoms with Gasteiger partial charge in [0, 0.05) is 29.1 Å². The summed E-state index contributed by atoms with van der Waals surface area (Å²) in [5.74, 6) is 1.93. The summed E-state index contributed by atoms with van der Waals surface area (Å²) >= 11 is 6.08. The van der Waals surface area contributed by atoms with Crippen molar-refractivity contribution in [3.8, 4) is 17.1 Å². The minimum Gasteiger partial charge on any atom is -0.487 e. The molecule has 1 aromatic heterocycles. The molecule has 2 aliphatic rings. The molecule has 1 N–H and O–H groups in total. The second-order valence-electron chi connectivity index (χ2n) is 10.3. The van der Waals surface area contributed by atoms with Gasteiger partial charge in [0.1, 0.15) is 11.4 Å². The highest BCUT2D eigenvalue weighted by Gasteiger charge is 2.36. The molecule has 3 aromatic rings. The molecule has 0 radical (unpaired) electrons. The molecule has 0 saturated carbocycles. The number of benzene rings is 2. The summed E-state index contributed by atoms with van der Waals surface area (Å²) in [4.78, 5) is 20.1. The normalized spacial score (nSPS) is 21.7. The van der Waals surface area contributed by atoms with E-state index in [0.29, 0.717) is 29.8 Å². The van der Waals surface area contributed by atoms with Crippen LogP contribution in [0.5, 0.6) is 5.75 Å². The van der Waals surface area contributed by atoms with Gasteiger partial charge in [0.25, 0.3) is 0 Å². The molecule has 0 aliphatic carbocycles. The fraction of sp³-hybridized carbons (Fsp3) is 0.444. The van der Waals surface area contributed by atoms with Crippen LogP contribution >= 0.6 is 11.6 Å². The number of hydrogen-bond acceptors (Lipinski definition) is 6. The molecule has 35 heavy (non-hydrogen) atoms. The maximum atomic E-state index is 13.3. The Bertz CT molecular complexity index is 1220. The van der Waals surface area contributed by atoms with E-state index in [4.69, 9.17) is 20.9 Å². The van der Waals surface area contributed by atoms with Crippen molar-refractivity contribution >= 4 is 17.5 Å². The summed E-state index contributed by atoms with van der Waals surface area (Å²) in [5, 5.41) is 8.06. The first-order valence-electron chi connectivity index (χ1n) is 12.2. The van der Waals surface area contributed by atoms with Crippen LogP contribution in [0.3, 0.4) is 0 Å². The Balaban J connectivity index is 1.23. The third kappa shape index (κ3) is 5.52. The molecule has 7 nitrogen and oxygen atoms in total. The van der Waals surface area contributed by atoms with Gasteiger partial charge in [-0.1, -0.05) is 41.0 Å². The first-order chi connectivity index (χ1) is 16.8. The largest absolute Gasteiger partial charge is 0.487 e. The van der Waals surface area contributed by atoms with Crippen LogP contribution in [0.15, 0.2) is 47.0 Å². The Morgan fingerprint density at radius 1 is 1.26 bits per heavy atom. The van der Waals surface area contributed by atoms with E-state index in [2.05, 4.69) is 59.3 Å². The number of aromatic nitrogens is 2. The number of rotatable bonds is 5. The van der Waals surface area contributed by atoms with E-state index in [1.165, 1.54) is 0 Å². The standard InChI is InChI=1S/C27H31ClN4O3/c1-17-9-10-21-22(14-27(2,3)34-23(21)12-17)29-26(33)19-7-5-11-32(15-19)16-24-30-25(31-35-24)18-6-4-8-20(28)13-18/h4,6,8-10,12-13,19,22H,5,7,11,14-16H2,1-3H3,(H,29,33). The molecule has 5 rings (SSSR count). The van der Waals surface area contributed by atoms with Gasteiger partial charge in [0.15, 0.2) is 0 Å². The SMILES string of the molecule is Cc1ccc2c(c1)OC(C)(C)CC2NC(=O)C1CCCN(Cc2nc(-c3cccc(Cl)c3)no2)C1. The van der Waals surface area contributed by atoms with Gasteiger partial charge in [-0.2, -0.15) is 4.98 Å². The molecule has 8 heteroatoms. The number of nitrogens with zero attached hydrogens (tertiary/aromatic N) is 3. The summed E-state index contributed by atoms with van der Waals surface area (Å²) in [6.45, 7) is 8.27. The summed E-state index contributed by atoms with van der Waals surface area (Å²) in [7, 11) is 0. The maximum absolute atomic E-state index is 13.3. The molecule has 0 spiro atoms. The zero-order chi connectivity index (χ0) is 24.6. The zero-order valence-electron chi connectivity index (χ0n) is 20.4. The summed E-state index contributed by atoms with van der Waals surface area (Å²) < 4.78 is 11.7. The van der Waals surface area contributed by atoms with E-state index in [9.17, 15) is 4.79 Å². The van der Waals surface area contributed by atoms with Gasteiger partial charge < -0.3 is 14.6 Å². The van der Waals surface area contributed by atoms with Crippen molar-refractivity contribution in [3.05, 3.63) is 64.5 Å². The molecule has 2 unspecified atom stereocenters. The molecule has 1 fully saturated rings. The van der Waals surface area contributed by atoms with Crippen molar-refractivity contribution in [2.24, 2.45) is 5.92 Å². The van der Waals surface area contributed by atoms with E-state index in [1.54, 1.807) is 0 Å². The molecule has 2 aliphatic heterocycles. The van der Waals surface area contributed by atoms with Gasteiger partial charge in [-0.25, -0.2) is 0 Å². The van der Waals surface area contributed by atoms with E-state index < -0.39 is 0 Å². The molecule has 2 aromatic carbocycles. The van der Waals surface area contributed by atoms with Crippen LogP contribution in [0.4, 0.5) is 0 Å². The zero-order valence-corrected chi connectivity index (χ0v) is 21.1. The highest BCUT2D eigenvalue weighted by molar-refractivity contribution is 6.30. The number of nitrogens with one attached hydrogen (secondary N) is 1. The number of carbonyl (C=O) groups excluding carboxylic acids is 1. The predicted molar refractivity (Wildman–Crippen MR) is 134 cm³/mol. The molecule has 3 heterocycles. The van der Waals surface area contributed by atoms with Crippen LogP contribution in [0.25, 0.3) is 11.4 Å². The van der Waals surface area contributed by atoms with Gasteiger partial charge in [0.05, 0.1) is 18.5 Å².